The van der Waals surface area contributed by atoms with E-state index in [1.54, 1.807) is 0 Å². The van der Waals surface area contributed by atoms with Crippen molar-refractivity contribution in [2.75, 3.05) is 13.2 Å². The highest BCUT2D eigenvalue weighted by molar-refractivity contribution is 5.66. The SMILES string of the molecule is CCCCC(CC)COc1ccc(OCCC(=O)O)cc1. The molecule has 0 amide bonds. The molecule has 0 saturated heterocycles. The second kappa shape index (κ2) is 10.1. The summed E-state index contributed by atoms with van der Waals surface area (Å²) in [7, 11) is 0. The van der Waals surface area contributed by atoms with Crippen molar-refractivity contribution in [1.29, 1.82) is 0 Å². The summed E-state index contributed by atoms with van der Waals surface area (Å²) < 4.78 is 11.1. The Kier molecular flexibility index (Phi) is 8.32. The molecule has 1 aromatic rings. The highest BCUT2D eigenvalue weighted by Crippen LogP contribution is 2.20. The van der Waals surface area contributed by atoms with Gasteiger partial charge in [-0.1, -0.05) is 33.1 Å². The summed E-state index contributed by atoms with van der Waals surface area (Å²) in [5.41, 5.74) is 0. The van der Waals surface area contributed by atoms with Crippen molar-refractivity contribution < 1.29 is 19.4 Å². The quantitative estimate of drug-likeness (QED) is 0.666. The maximum atomic E-state index is 10.4. The van der Waals surface area contributed by atoms with Gasteiger partial charge in [-0.05, 0) is 36.6 Å². The molecule has 0 heterocycles. The first-order valence-corrected chi connectivity index (χ1v) is 7.73. The summed E-state index contributed by atoms with van der Waals surface area (Å²) in [6.45, 7) is 5.33. The number of ether oxygens (including phenoxy) is 2. The van der Waals surface area contributed by atoms with Gasteiger partial charge in [-0.3, -0.25) is 4.79 Å². The van der Waals surface area contributed by atoms with Crippen LogP contribution < -0.4 is 9.47 Å². The number of hydrogen-bond donors (Lipinski definition) is 1. The first-order valence-electron chi connectivity index (χ1n) is 7.73. The second-order valence-electron chi connectivity index (χ2n) is 5.19. The lowest BCUT2D eigenvalue weighted by atomic mass is 10.0. The van der Waals surface area contributed by atoms with Crippen molar-refractivity contribution in [3.05, 3.63) is 24.3 Å². The molecule has 0 spiro atoms. The van der Waals surface area contributed by atoms with Crippen LogP contribution in [-0.4, -0.2) is 24.3 Å². The number of carbonyl (C=O) groups is 1. The van der Waals surface area contributed by atoms with Crippen LogP contribution in [0, 0.1) is 5.92 Å². The molecule has 0 aliphatic rings. The van der Waals surface area contributed by atoms with Gasteiger partial charge < -0.3 is 14.6 Å². The van der Waals surface area contributed by atoms with Crippen molar-refractivity contribution in [2.24, 2.45) is 5.92 Å². The third kappa shape index (κ3) is 7.59. The Labute approximate surface area is 127 Å². The average molecular weight is 294 g/mol. The Bertz CT molecular complexity index is 400. The summed E-state index contributed by atoms with van der Waals surface area (Å²) in [5, 5.41) is 8.54. The topological polar surface area (TPSA) is 55.8 Å². The minimum atomic E-state index is -0.854. The van der Waals surface area contributed by atoms with Gasteiger partial charge in [0, 0.05) is 0 Å². The number of benzene rings is 1. The Morgan fingerprint density at radius 2 is 1.76 bits per heavy atom. The standard InChI is InChI=1S/C17H26O4/c1-3-5-6-14(4-2)13-21-16-9-7-15(8-10-16)20-12-11-17(18)19/h7-10,14H,3-6,11-13H2,1-2H3,(H,18,19). The zero-order valence-electron chi connectivity index (χ0n) is 13.0. The van der Waals surface area contributed by atoms with Crippen molar-refractivity contribution >= 4 is 5.97 Å². The molecule has 0 aliphatic heterocycles. The van der Waals surface area contributed by atoms with E-state index >= 15 is 0 Å². The molecule has 0 aromatic heterocycles. The lowest BCUT2D eigenvalue weighted by molar-refractivity contribution is -0.137. The molecule has 1 unspecified atom stereocenters. The lowest BCUT2D eigenvalue weighted by Gasteiger charge is -2.15. The van der Waals surface area contributed by atoms with Gasteiger partial charge in [-0.15, -0.1) is 0 Å². The molecule has 0 bridgehead atoms. The van der Waals surface area contributed by atoms with Crippen molar-refractivity contribution in [1.82, 2.24) is 0 Å². The van der Waals surface area contributed by atoms with Crippen LogP contribution in [0.5, 0.6) is 11.5 Å². The van der Waals surface area contributed by atoms with Crippen molar-refractivity contribution in [2.45, 2.75) is 46.0 Å². The Hall–Kier alpha value is -1.71. The predicted molar refractivity (Wildman–Crippen MR) is 83.0 cm³/mol. The van der Waals surface area contributed by atoms with E-state index in [1.165, 1.54) is 19.3 Å². The molecule has 1 aromatic carbocycles. The average Bonchev–Trinajstić information content (AvgIpc) is 2.48. The van der Waals surface area contributed by atoms with Crippen molar-refractivity contribution in [3.63, 3.8) is 0 Å². The van der Waals surface area contributed by atoms with E-state index in [0.29, 0.717) is 11.7 Å². The van der Waals surface area contributed by atoms with Gasteiger partial charge in [0.15, 0.2) is 0 Å². The minimum absolute atomic E-state index is 0.00780. The zero-order valence-corrected chi connectivity index (χ0v) is 13.0. The molecule has 4 nitrogen and oxygen atoms in total. The summed E-state index contributed by atoms with van der Waals surface area (Å²) >= 11 is 0. The fourth-order valence-electron chi connectivity index (χ4n) is 2.00. The summed E-state index contributed by atoms with van der Waals surface area (Å²) in [6.07, 6.45) is 4.82. The fourth-order valence-corrected chi connectivity index (χ4v) is 2.00. The van der Waals surface area contributed by atoms with Gasteiger partial charge in [0.1, 0.15) is 11.5 Å². The number of aliphatic carboxylic acids is 1. The van der Waals surface area contributed by atoms with Crippen LogP contribution in [0.3, 0.4) is 0 Å². The molecular weight excluding hydrogens is 268 g/mol. The molecule has 4 heteroatoms. The number of hydrogen-bond acceptors (Lipinski definition) is 3. The molecule has 1 atom stereocenters. The van der Waals surface area contributed by atoms with Crippen LogP contribution in [0.4, 0.5) is 0 Å². The normalized spacial score (nSPS) is 11.9. The van der Waals surface area contributed by atoms with Crippen LogP contribution in [0.15, 0.2) is 24.3 Å². The highest BCUT2D eigenvalue weighted by atomic mass is 16.5. The van der Waals surface area contributed by atoms with Gasteiger partial charge in [0.25, 0.3) is 0 Å². The smallest absolute Gasteiger partial charge is 0.306 e. The van der Waals surface area contributed by atoms with E-state index in [0.717, 1.165) is 18.8 Å². The molecule has 21 heavy (non-hydrogen) atoms. The van der Waals surface area contributed by atoms with E-state index in [2.05, 4.69) is 13.8 Å². The number of rotatable bonds is 11. The monoisotopic (exact) mass is 294 g/mol. The van der Waals surface area contributed by atoms with Crippen LogP contribution in [0.1, 0.15) is 46.0 Å². The first-order chi connectivity index (χ1) is 10.2. The van der Waals surface area contributed by atoms with E-state index in [1.807, 2.05) is 24.3 Å². The first kappa shape index (κ1) is 17.3. The highest BCUT2D eigenvalue weighted by Gasteiger charge is 2.07. The number of carboxylic acids is 1. The van der Waals surface area contributed by atoms with Gasteiger partial charge in [0.2, 0.25) is 0 Å². The van der Waals surface area contributed by atoms with E-state index in [4.69, 9.17) is 14.6 Å². The molecule has 118 valence electrons. The van der Waals surface area contributed by atoms with Crippen LogP contribution in [-0.2, 0) is 4.79 Å². The third-order valence-electron chi connectivity index (χ3n) is 3.44. The maximum absolute atomic E-state index is 10.4. The second-order valence-corrected chi connectivity index (χ2v) is 5.19. The molecule has 0 radical (unpaired) electrons. The van der Waals surface area contributed by atoms with Gasteiger partial charge >= 0.3 is 5.97 Å². The van der Waals surface area contributed by atoms with Gasteiger partial charge in [0.05, 0.1) is 19.6 Å². The third-order valence-corrected chi connectivity index (χ3v) is 3.44. The number of unbranched alkanes of at least 4 members (excludes halogenated alkanes) is 1. The molecule has 0 fully saturated rings. The largest absolute Gasteiger partial charge is 0.493 e. The molecular formula is C17H26O4. The number of carboxylic acid groups (broad SMARTS) is 1. The van der Waals surface area contributed by atoms with Gasteiger partial charge in [-0.2, -0.15) is 0 Å². The van der Waals surface area contributed by atoms with Crippen molar-refractivity contribution in [3.8, 4) is 11.5 Å². The summed E-state index contributed by atoms with van der Waals surface area (Å²) in [5.74, 6) is 1.25. The zero-order chi connectivity index (χ0) is 15.5. The minimum Gasteiger partial charge on any atom is -0.493 e. The van der Waals surface area contributed by atoms with E-state index in [-0.39, 0.29) is 13.0 Å². The Balaban J connectivity index is 2.34. The lowest BCUT2D eigenvalue weighted by Crippen LogP contribution is -2.11. The van der Waals surface area contributed by atoms with E-state index < -0.39 is 5.97 Å². The summed E-state index contributed by atoms with van der Waals surface area (Å²) in [6, 6.07) is 7.35. The van der Waals surface area contributed by atoms with Gasteiger partial charge in [-0.25, -0.2) is 0 Å². The molecule has 1 N–H and O–H groups in total. The fraction of sp³-hybridized carbons (Fsp3) is 0.588. The summed E-state index contributed by atoms with van der Waals surface area (Å²) in [4.78, 5) is 10.4. The van der Waals surface area contributed by atoms with Crippen LogP contribution >= 0.6 is 0 Å². The van der Waals surface area contributed by atoms with E-state index in [9.17, 15) is 4.79 Å². The predicted octanol–water partition coefficient (Wildman–Crippen LogP) is 4.14. The Morgan fingerprint density at radius 3 is 2.29 bits per heavy atom. The van der Waals surface area contributed by atoms with Crippen LogP contribution in [0.25, 0.3) is 0 Å². The molecule has 0 saturated carbocycles. The Morgan fingerprint density at radius 1 is 1.14 bits per heavy atom. The molecule has 1 rings (SSSR count). The van der Waals surface area contributed by atoms with Crippen LogP contribution in [0.2, 0.25) is 0 Å². The maximum Gasteiger partial charge on any atom is 0.306 e. The molecule has 0 aliphatic carbocycles.